The van der Waals surface area contributed by atoms with E-state index < -0.39 is 21.6 Å². The number of carbonyl (C=O) groups is 1. The molecule has 1 aliphatic rings. The molecular weight excluding hydrogens is 523 g/mol. The van der Waals surface area contributed by atoms with Gasteiger partial charge in [0.2, 0.25) is 0 Å². The van der Waals surface area contributed by atoms with E-state index in [1.54, 1.807) is 35.2 Å². The summed E-state index contributed by atoms with van der Waals surface area (Å²) in [6, 6.07) is 16.6. The van der Waals surface area contributed by atoms with Gasteiger partial charge in [0.1, 0.15) is 0 Å². The number of rotatable bonds is 5. The zero-order valence-corrected chi connectivity index (χ0v) is 21.3. The summed E-state index contributed by atoms with van der Waals surface area (Å²) in [6.45, 7) is 1.17. The number of aromatic nitrogens is 2. The Morgan fingerprint density at radius 1 is 0.946 bits per heavy atom. The minimum absolute atomic E-state index is 0.0721. The number of hydrogen-bond acceptors (Lipinski definition) is 5. The first-order chi connectivity index (χ1) is 17.5. The van der Waals surface area contributed by atoms with Crippen molar-refractivity contribution in [2.75, 3.05) is 19.3 Å². The number of benzene rings is 2. The van der Waals surface area contributed by atoms with Crippen molar-refractivity contribution in [3.63, 3.8) is 0 Å². The monoisotopic (exact) mass is 545 g/mol. The maximum atomic E-state index is 13.9. The molecule has 1 aliphatic heterocycles. The highest BCUT2D eigenvalue weighted by atomic mass is 32.2. The lowest BCUT2D eigenvalue weighted by Crippen LogP contribution is -2.28. The summed E-state index contributed by atoms with van der Waals surface area (Å²) in [4.78, 5) is 16.2. The van der Waals surface area contributed by atoms with E-state index in [0.717, 1.165) is 30.0 Å². The average molecular weight is 546 g/mol. The van der Waals surface area contributed by atoms with Crippen LogP contribution in [0.4, 0.5) is 13.2 Å². The fourth-order valence-electron chi connectivity index (χ4n) is 4.34. The lowest BCUT2D eigenvalue weighted by Gasteiger charge is -2.15. The summed E-state index contributed by atoms with van der Waals surface area (Å²) in [5, 5.41) is 4.36. The van der Waals surface area contributed by atoms with Gasteiger partial charge in [-0.3, -0.25) is 4.79 Å². The van der Waals surface area contributed by atoms with E-state index in [4.69, 9.17) is 0 Å². The maximum absolute atomic E-state index is 13.9. The third-order valence-electron chi connectivity index (χ3n) is 6.16. The first kappa shape index (κ1) is 25.2. The fraction of sp³-hybridized carbons (Fsp3) is 0.231. The van der Waals surface area contributed by atoms with Crippen molar-refractivity contribution in [1.82, 2.24) is 14.7 Å². The summed E-state index contributed by atoms with van der Waals surface area (Å²) in [5.41, 5.74) is 0.0311. The molecule has 0 bridgehead atoms. The molecule has 0 aliphatic carbocycles. The smallest absolute Gasteiger partial charge is 0.337 e. The number of alkyl halides is 3. The van der Waals surface area contributed by atoms with Crippen LogP contribution in [0.2, 0.25) is 0 Å². The Labute approximate surface area is 215 Å². The molecule has 37 heavy (non-hydrogen) atoms. The molecule has 0 N–H and O–H groups in total. The van der Waals surface area contributed by atoms with Gasteiger partial charge in [0.15, 0.2) is 15.5 Å². The standard InChI is InChI=1S/C26H22F3N3O3S2/c1-37(34,35)18-8-6-7-17(15-18)23-11-12-24(36-23)22-16-20(25(33)31-13-4-5-14-31)30-32(22)21-10-3-2-9-19(21)26(27,28)29/h2-3,6-12,15-16H,4-5,13-14H2,1H3. The van der Waals surface area contributed by atoms with E-state index in [-0.39, 0.29) is 22.2 Å². The van der Waals surface area contributed by atoms with Crippen molar-refractivity contribution in [3.8, 4) is 26.7 Å². The number of halogens is 3. The topological polar surface area (TPSA) is 72.3 Å². The lowest BCUT2D eigenvalue weighted by atomic mass is 10.1. The van der Waals surface area contributed by atoms with Crippen LogP contribution in [-0.2, 0) is 16.0 Å². The number of amides is 1. The van der Waals surface area contributed by atoms with Gasteiger partial charge in [-0.1, -0.05) is 24.3 Å². The molecule has 1 amide bonds. The van der Waals surface area contributed by atoms with E-state index in [1.807, 2.05) is 0 Å². The van der Waals surface area contributed by atoms with Crippen molar-refractivity contribution >= 4 is 27.1 Å². The van der Waals surface area contributed by atoms with Crippen molar-refractivity contribution in [2.24, 2.45) is 0 Å². The van der Waals surface area contributed by atoms with Crippen molar-refractivity contribution < 1.29 is 26.4 Å². The Morgan fingerprint density at radius 2 is 1.65 bits per heavy atom. The first-order valence-electron chi connectivity index (χ1n) is 11.5. The highest BCUT2D eigenvalue weighted by Gasteiger charge is 2.35. The highest BCUT2D eigenvalue weighted by Crippen LogP contribution is 2.39. The van der Waals surface area contributed by atoms with Gasteiger partial charge in [-0.25, -0.2) is 13.1 Å². The van der Waals surface area contributed by atoms with Crippen molar-refractivity contribution in [1.29, 1.82) is 0 Å². The van der Waals surface area contributed by atoms with Gasteiger partial charge in [0, 0.05) is 24.2 Å². The number of sulfone groups is 1. The average Bonchev–Trinajstić information content (AvgIpc) is 3.63. The summed E-state index contributed by atoms with van der Waals surface area (Å²) >= 11 is 1.28. The quantitative estimate of drug-likeness (QED) is 0.312. The van der Waals surface area contributed by atoms with Crippen molar-refractivity contribution in [2.45, 2.75) is 23.9 Å². The van der Waals surface area contributed by atoms with Crippen LogP contribution in [0.15, 0.2) is 71.6 Å². The van der Waals surface area contributed by atoms with Crippen LogP contribution < -0.4 is 0 Å². The van der Waals surface area contributed by atoms with Gasteiger partial charge in [-0.15, -0.1) is 11.3 Å². The minimum atomic E-state index is -4.62. The fourth-order valence-corrected chi connectivity index (χ4v) is 6.01. The first-order valence-corrected chi connectivity index (χ1v) is 14.2. The molecule has 2 aromatic heterocycles. The highest BCUT2D eigenvalue weighted by molar-refractivity contribution is 7.90. The molecule has 1 fully saturated rings. The molecule has 0 spiro atoms. The zero-order chi connectivity index (χ0) is 26.4. The molecule has 0 radical (unpaired) electrons. The Kier molecular flexibility index (Phi) is 6.45. The number of thiophene rings is 1. The van der Waals surface area contributed by atoms with E-state index in [0.29, 0.717) is 29.2 Å². The Balaban J connectivity index is 1.63. The molecule has 4 aromatic rings. The molecule has 0 atom stereocenters. The normalized spacial score (nSPS) is 14.3. The van der Waals surface area contributed by atoms with Crippen LogP contribution in [0.3, 0.4) is 0 Å². The Bertz CT molecular complexity index is 1580. The summed E-state index contributed by atoms with van der Waals surface area (Å²) < 4.78 is 66.8. The van der Waals surface area contributed by atoms with Gasteiger partial charge in [-0.05, 0) is 60.9 Å². The molecule has 11 heteroatoms. The Hall–Kier alpha value is -3.44. The molecule has 1 saturated heterocycles. The summed E-state index contributed by atoms with van der Waals surface area (Å²) in [6.07, 6.45) is -1.75. The van der Waals surface area contributed by atoms with Crippen LogP contribution >= 0.6 is 11.3 Å². The van der Waals surface area contributed by atoms with Crippen LogP contribution in [0.25, 0.3) is 26.7 Å². The number of hydrogen-bond donors (Lipinski definition) is 0. The van der Waals surface area contributed by atoms with Crippen LogP contribution in [-0.4, -0.2) is 48.4 Å². The Morgan fingerprint density at radius 3 is 2.35 bits per heavy atom. The minimum Gasteiger partial charge on any atom is -0.337 e. The third-order valence-corrected chi connectivity index (χ3v) is 8.43. The predicted octanol–water partition coefficient (Wildman–Crippen LogP) is 5.93. The third kappa shape index (κ3) is 5.05. The van der Waals surface area contributed by atoms with Crippen LogP contribution in [0.1, 0.15) is 28.9 Å². The zero-order valence-electron chi connectivity index (χ0n) is 19.7. The molecule has 0 unspecified atom stereocenters. The number of para-hydroxylation sites is 1. The van der Waals surface area contributed by atoms with Gasteiger partial charge in [0.25, 0.3) is 5.91 Å². The number of likely N-dealkylation sites (tertiary alicyclic amines) is 1. The van der Waals surface area contributed by atoms with Gasteiger partial charge < -0.3 is 4.90 Å². The van der Waals surface area contributed by atoms with Gasteiger partial charge in [-0.2, -0.15) is 18.3 Å². The number of carbonyl (C=O) groups excluding carboxylic acids is 1. The molecule has 5 rings (SSSR count). The molecule has 0 saturated carbocycles. The summed E-state index contributed by atoms with van der Waals surface area (Å²) in [7, 11) is -3.41. The van der Waals surface area contributed by atoms with Crippen LogP contribution in [0, 0.1) is 0 Å². The maximum Gasteiger partial charge on any atom is 0.418 e. The largest absolute Gasteiger partial charge is 0.418 e. The SMILES string of the molecule is CS(=O)(=O)c1cccc(-c2ccc(-c3cc(C(=O)N4CCCC4)nn3-c3ccccc3C(F)(F)F)s2)c1. The molecule has 2 aromatic carbocycles. The van der Waals surface area contributed by atoms with Crippen LogP contribution in [0.5, 0.6) is 0 Å². The van der Waals surface area contributed by atoms with Gasteiger partial charge in [0.05, 0.1) is 26.7 Å². The molecule has 3 heterocycles. The van der Waals surface area contributed by atoms with E-state index in [9.17, 15) is 26.4 Å². The van der Waals surface area contributed by atoms with E-state index in [2.05, 4.69) is 5.10 Å². The number of nitrogens with zero attached hydrogens (tertiary/aromatic N) is 3. The molecule has 6 nitrogen and oxygen atoms in total. The molecular formula is C26H22F3N3O3S2. The van der Waals surface area contributed by atoms with Crippen molar-refractivity contribution in [3.05, 3.63) is 78.0 Å². The second-order valence-electron chi connectivity index (χ2n) is 8.80. The summed E-state index contributed by atoms with van der Waals surface area (Å²) in [5.74, 6) is -0.320. The predicted molar refractivity (Wildman–Crippen MR) is 136 cm³/mol. The van der Waals surface area contributed by atoms with E-state index >= 15 is 0 Å². The second kappa shape index (κ2) is 9.46. The lowest BCUT2D eigenvalue weighted by molar-refractivity contribution is -0.137. The second-order valence-corrected chi connectivity index (χ2v) is 11.9. The van der Waals surface area contributed by atoms with Gasteiger partial charge >= 0.3 is 6.18 Å². The van der Waals surface area contributed by atoms with E-state index in [1.165, 1.54) is 46.4 Å². The molecule has 192 valence electrons.